The van der Waals surface area contributed by atoms with Gasteiger partial charge in [-0.05, 0) is 18.1 Å². The van der Waals surface area contributed by atoms with Gasteiger partial charge in [0.25, 0.3) is 0 Å². The maximum Gasteiger partial charge on any atom is 0.216 e. The van der Waals surface area contributed by atoms with Crippen molar-refractivity contribution in [2.24, 2.45) is 17.8 Å². The fourth-order valence-electron chi connectivity index (χ4n) is 5.89. The minimum Gasteiger partial charge on any atom is -0.413 e. The van der Waals surface area contributed by atoms with Crippen molar-refractivity contribution in [3.05, 3.63) is 0 Å². The van der Waals surface area contributed by atoms with Crippen LogP contribution in [0.4, 0.5) is 0 Å². The van der Waals surface area contributed by atoms with Gasteiger partial charge in [-0.15, -0.1) is 34.8 Å². The Labute approximate surface area is 189 Å². The van der Waals surface area contributed by atoms with E-state index in [0.29, 0.717) is 0 Å². The van der Waals surface area contributed by atoms with Crippen LogP contribution in [0.3, 0.4) is 0 Å². The molecule has 1 aliphatic heterocycles. The van der Waals surface area contributed by atoms with Crippen molar-refractivity contribution in [1.82, 2.24) is 0 Å². The Morgan fingerprint density at radius 1 is 1.07 bits per heavy atom. The molecule has 0 unspecified atom stereocenters. The first-order chi connectivity index (χ1) is 13.2. The quantitative estimate of drug-likeness (QED) is 0.259. The Morgan fingerprint density at radius 2 is 1.62 bits per heavy atom. The molecule has 3 saturated carbocycles. The third-order valence-electron chi connectivity index (χ3n) is 8.39. The fraction of sp³-hybridized carbons (Fsp3) is 0.950. The molecule has 0 amide bonds. The Morgan fingerprint density at radius 3 is 2.10 bits per heavy atom. The van der Waals surface area contributed by atoms with E-state index in [0.717, 1.165) is 0 Å². The smallest absolute Gasteiger partial charge is 0.216 e. The summed E-state index contributed by atoms with van der Waals surface area (Å²) in [6.07, 6.45) is -0.457. The van der Waals surface area contributed by atoms with Crippen LogP contribution in [0.5, 0.6) is 0 Å². The van der Waals surface area contributed by atoms with Gasteiger partial charge >= 0.3 is 0 Å². The molecule has 4 fully saturated rings. The monoisotopic (exact) mass is 484 g/mol. The van der Waals surface area contributed by atoms with Crippen LogP contribution >= 0.6 is 34.8 Å². The van der Waals surface area contributed by atoms with Gasteiger partial charge < -0.3 is 18.6 Å². The highest BCUT2D eigenvalue weighted by molar-refractivity contribution is 6.74. The predicted octanol–water partition coefficient (Wildman–Crippen LogP) is 4.17. The third-order valence-corrected chi connectivity index (χ3v) is 14.9. The Balaban J connectivity index is 1.88. The topological polar surface area (TPSA) is 57.3 Å². The number of rotatable bonds is 4. The summed E-state index contributed by atoms with van der Waals surface area (Å²) in [5, 5.41) is -1.04. The van der Waals surface area contributed by atoms with Gasteiger partial charge in [0.2, 0.25) is 5.79 Å². The van der Waals surface area contributed by atoms with Crippen LogP contribution in [-0.2, 0) is 23.4 Å². The Hall–Kier alpha value is 0.597. The SMILES string of the molecule is COC1(OC)[C@@]2(Cl)[C@@H]3[C@H](O[Si](C)(C)C(C)(C)C)[C@@H](C)[C@H]4O[C@H]4[C@@H]3[C@]1(Cl)C(=O)[C@@H]2Cl. The summed E-state index contributed by atoms with van der Waals surface area (Å²) in [6, 6.07) is 0. The summed E-state index contributed by atoms with van der Waals surface area (Å²) in [7, 11) is 0.773. The number of epoxide rings is 1. The fourth-order valence-corrected chi connectivity index (χ4v) is 9.19. The molecular formula is C20H31Cl3O5Si. The lowest BCUT2D eigenvalue weighted by Gasteiger charge is -2.50. The maximum atomic E-state index is 13.3. The summed E-state index contributed by atoms with van der Waals surface area (Å²) < 4.78 is 24.6. The molecule has 1 saturated heterocycles. The number of hydrogen-bond donors (Lipinski definition) is 0. The number of hydrogen-bond acceptors (Lipinski definition) is 5. The number of alkyl halides is 3. The van der Waals surface area contributed by atoms with Crippen LogP contribution in [0, 0.1) is 17.8 Å². The van der Waals surface area contributed by atoms with E-state index in [-0.39, 0.29) is 46.9 Å². The molecule has 2 bridgehead atoms. The van der Waals surface area contributed by atoms with Gasteiger partial charge in [0.1, 0.15) is 10.3 Å². The summed E-state index contributed by atoms with van der Waals surface area (Å²) >= 11 is 21.1. The van der Waals surface area contributed by atoms with E-state index in [9.17, 15) is 4.79 Å². The Kier molecular flexibility index (Phi) is 4.98. The molecule has 29 heavy (non-hydrogen) atoms. The molecule has 1 heterocycles. The highest BCUT2D eigenvalue weighted by Crippen LogP contribution is 2.75. The standard InChI is InChI=1S/C20H31Cl3O5Si/c1-9-12(28-29(7,8)17(2,3)4)10-11(14-13(9)27-14)19(23)16(24)15(21)18(10,22)20(19,25-5)26-6/h9-15H,1-8H3/t9-,10+,11-,12-,13-,14+,15+,18-,19+/m1/s1. The second-order valence-corrected chi connectivity index (χ2v) is 17.0. The van der Waals surface area contributed by atoms with Crippen LogP contribution in [0.15, 0.2) is 0 Å². The van der Waals surface area contributed by atoms with Gasteiger partial charge in [0.15, 0.2) is 19.0 Å². The number of ether oxygens (including phenoxy) is 3. The lowest BCUT2D eigenvalue weighted by Crippen LogP contribution is -2.62. The zero-order valence-corrected chi connectivity index (χ0v) is 21.5. The van der Waals surface area contributed by atoms with Crippen molar-refractivity contribution in [3.63, 3.8) is 0 Å². The zero-order chi connectivity index (χ0) is 21.9. The van der Waals surface area contributed by atoms with Crippen molar-refractivity contribution in [2.75, 3.05) is 14.2 Å². The normalized spacial score (nSPS) is 50.4. The second kappa shape index (κ2) is 6.34. The van der Waals surface area contributed by atoms with E-state index in [2.05, 4.69) is 40.8 Å². The van der Waals surface area contributed by atoms with Crippen molar-refractivity contribution in [2.45, 2.75) is 85.1 Å². The summed E-state index contributed by atoms with van der Waals surface area (Å²) in [5.41, 5.74) is 0. The molecule has 4 rings (SSSR count). The van der Waals surface area contributed by atoms with Crippen molar-refractivity contribution in [1.29, 1.82) is 0 Å². The van der Waals surface area contributed by atoms with E-state index >= 15 is 0 Å². The molecule has 0 N–H and O–H groups in total. The van der Waals surface area contributed by atoms with Crippen molar-refractivity contribution in [3.8, 4) is 0 Å². The van der Waals surface area contributed by atoms with E-state index in [1.807, 2.05) is 0 Å². The molecule has 9 heteroatoms. The van der Waals surface area contributed by atoms with Crippen LogP contribution < -0.4 is 0 Å². The second-order valence-electron chi connectivity index (χ2n) is 10.6. The molecule has 5 nitrogen and oxygen atoms in total. The summed E-state index contributed by atoms with van der Waals surface area (Å²) in [5.74, 6) is -2.54. The van der Waals surface area contributed by atoms with E-state index < -0.39 is 29.2 Å². The van der Waals surface area contributed by atoms with Crippen LogP contribution in [-0.4, -0.2) is 67.5 Å². The van der Waals surface area contributed by atoms with E-state index in [4.69, 9.17) is 53.4 Å². The summed E-state index contributed by atoms with van der Waals surface area (Å²) in [6.45, 7) is 13.1. The molecule has 0 aromatic rings. The number of carbonyl (C=O) groups excluding carboxylic acids is 1. The first kappa shape index (κ1) is 22.8. The Bertz CT molecular complexity index is 738. The number of carbonyl (C=O) groups is 1. The largest absolute Gasteiger partial charge is 0.413 e. The van der Waals surface area contributed by atoms with Crippen molar-refractivity contribution >= 4 is 48.9 Å². The lowest BCUT2D eigenvalue weighted by atomic mass is 9.65. The minimum atomic E-state index is -2.16. The van der Waals surface area contributed by atoms with E-state index in [1.165, 1.54) is 14.2 Å². The number of halogens is 3. The van der Waals surface area contributed by atoms with Crippen LogP contribution in [0.1, 0.15) is 27.7 Å². The van der Waals surface area contributed by atoms with Gasteiger partial charge in [0.05, 0.1) is 18.3 Å². The molecule has 166 valence electrons. The molecule has 0 radical (unpaired) electrons. The first-order valence-corrected chi connectivity index (χ1v) is 14.3. The summed E-state index contributed by atoms with van der Waals surface area (Å²) in [4.78, 5) is 10.4. The third kappa shape index (κ3) is 2.36. The number of methoxy groups -OCH3 is 2. The van der Waals surface area contributed by atoms with E-state index in [1.54, 1.807) is 0 Å². The van der Waals surface area contributed by atoms with Gasteiger partial charge in [0, 0.05) is 32.0 Å². The number of Topliss-reactive ketones (excluding diaryl/α,β-unsaturated/α-hetero) is 1. The zero-order valence-electron chi connectivity index (χ0n) is 18.2. The molecule has 9 atom stereocenters. The number of ketones is 1. The molecule has 4 aliphatic rings. The highest BCUT2D eigenvalue weighted by Gasteiger charge is 2.93. The molecular weight excluding hydrogens is 455 g/mol. The molecule has 0 aromatic heterocycles. The van der Waals surface area contributed by atoms with Crippen molar-refractivity contribution < 1.29 is 23.4 Å². The van der Waals surface area contributed by atoms with Gasteiger partial charge in [-0.1, -0.05) is 27.7 Å². The average Bonchev–Trinajstić information content (AvgIpc) is 3.36. The van der Waals surface area contributed by atoms with Gasteiger partial charge in [-0.3, -0.25) is 4.79 Å². The van der Waals surface area contributed by atoms with Crippen LogP contribution in [0.25, 0.3) is 0 Å². The maximum absolute atomic E-state index is 13.3. The predicted molar refractivity (Wildman–Crippen MR) is 115 cm³/mol. The first-order valence-electron chi connectivity index (χ1n) is 10.2. The number of fused-ring (bicyclic) bond motifs is 7. The van der Waals surface area contributed by atoms with Gasteiger partial charge in [-0.25, -0.2) is 0 Å². The van der Waals surface area contributed by atoms with Crippen LogP contribution in [0.2, 0.25) is 18.1 Å². The lowest BCUT2D eigenvalue weighted by molar-refractivity contribution is -0.224. The van der Waals surface area contributed by atoms with Gasteiger partial charge in [-0.2, -0.15) is 0 Å². The minimum absolute atomic E-state index is 0.00894. The molecule has 0 spiro atoms. The highest BCUT2D eigenvalue weighted by atomic mass is 35.5. The molecule has 0 aromatic carbocycles. The molecule has 3 aliphatic carbocycles. The average molecular weight is 486 g/mol.